The number of hydrogen-bond donors (Lipinski definition) is 1. The minimum Gasteiger partial charge on any atom is -0.492 e. The lowest BCUT2D eigenvalue weighted by atomic mass is 9.83. The Hall–Kier alpha value is -2.72. The first-order chi connectivity index (χ1) is 13.3. The van der Waals surface area contributed by atoms with Gasteiger partial charge in [0.05, 0.1) is 16.9 Å². The van der Waals surface area contributed by atoms with Crippen molar-refractivity contribution in [1.29, 1.82) is 0 Å². The Balaban J connectivity index is 1.33. The SMILES string of the molecule is c1ccc(OCCN2CCC[C@@]3(C2)Nc2ccccc2-n2cccc23)cc1. The quantitative estimate of drug-likeness (QED) is 0.754. The molecular formula is C23H25N3O. The Morgan fingerprint density at radius 3 is 2.74 bits per heavy atom. The highest BCUT2D eigenvalue weighted by Crippen LogP contribution is 2.42. The molecular weight excluding hydrogens is 334 g/mol. The number of likely N-dealkylation sites (tertiary alicyclic amines) is 1. The number of nitrogens with zero attached hydrogens (tertiary/aromatic N) is 2. The van der Waals surface area contributed by atoms with E-state index in [1.54, 1.807) is 0 Å². The van der Waals surface area contributed by atoms with Crippen molar-refractivity contribution in [3.63, 3.8) is 0 Å². The topological polar surface area (TPSA) is 29.4 Å². The van der Waals surface area contributed by atoms with Crippen LogP contribution in [-0.2, 0) is 5.54 Å². The molecule has 4 nitrogen and oxygen atoms in total. The number of nitrogens with one attached hydrogen (secondary N) is 1. The van der Waals surface area contributed by atoms with Crippen LogP contribution in [0.1, 0.15) is 18.5 Å². The molecule has 0 amide bonds. The van der Waals surface area contributed by atoms with Gasteiger partial charge in [-0.3, -0.25) is 4.90 Å². The van der Waals surface area contributed by atoms with Crippen LogP contribution in [0.2, 0.25) is 0 Å². The van der Waals surface area contributed by atoms with E-state index in [1.165, 1.54) is 23.5 Å². The second kappa shape index (κ2) is 6.78. The molecule has 1 fully saturated rings. The number of rotatable bonds is 4. The van der Waals surface area contributed by atoms with Crippen molar-refractivity contribution in [2.75, 3.05) is 31.6 Å². The standard InChI is InChI=1S/C23H25N3O/c1-2-8-19(9-3-1)27-17-16-25-14-7-13-23(18-25)22-12-6-15-26(22)21-11-5-4-10-20(21)24-23/h1-6,8-12,15,24H,7,13-14,16-18H2/t23-/m0/s1. The molecule has 0 unspecified atom stereocenters. The van der Waals surface area contributed by atoms with Crippen LogP contribution < -0.4 is 10.1 Å². The van der Waals surface area contributed by atoms with Gasteiger partial charge in [0.2, 0.25) is 0 Å². The minimum atomic E-state index is -0.0250. The van der Waals surface area contributed by atoms with Crippen LogP contribution >= 0.6 is 0 Å². The van der Waals surface area contributed by atoms with Crippen molar-refractivity contribution >= 4 is 5.69 Å². The first kappa shape index (κ1) is 16.5. The third kappa shape index (κ3) is 3.00. The summed E-state index contributed by atoms with van der Waals surface area (Å²) in [5.41, 5.74) is 3.81. The van der Waals surface area contributed by atoms with Crippen molar-refractivity contribution in [3.05, 3.63) is 78.6 Å². The molecule has 3 aromatic rings. The number of fused-ring (bicyclic) bond motifs is 4. The van der Waals surface area contributed by atoms with Gasteiger partial charge in [0.15, 0.2) is 0 Å². The van der Waals surface area contributed by atoms with Crippen molar-refractivity contribution in [2.45, 2.75) is 18.4 Å². The van der Waals surface area contributed by atoms with Gasteiger partial charge in [-0.15, -0.1) is 0 Å². The van der Waals surface area contributed by atoms with Crippen molar-refractivity contribution < 1.29 is 4.74 Å². The predicted octanol–water partition coefficient (Wildman–Crippen LogP) is 4.27. The van der Waals surface area contributed by atoms with Crippen LogP contribution in [0.3, 0.4) is 0 Å². The number of aromatic nitrogens is 1. The van der Waals surface area contributed by atoms with E-state index < -0.39 is 0 Å². The van der Waals surface area contributed by atoms with E-state index in [9.17, 15) is 0 Å². The Bertz CT molecular complexity index is 920. The van der Waals surface area contributed by atoms with Crippen LogP contribution in [0.25, 0.3) is 5.69 Å². The lowest BCUT2D eigenvalue weighted by molar-refractivity contribution is 0.133. The Labute approximate surface area is 160 Å². The Kier molecular flexibility index (Phi) is 4.13. The fraction of sp³-hybridized carbons (Fsp3) is 0.304. The second-order valence-corrected chi connectivity index (χ2v) is 7.53. The monoisotopic (exact) mass is 359 g/mol. The Morgan fingerprint density at radius 2 is 1.81 bits per heavy atom. The van der Waals surface area contributed by atoms with E-state index in [1.807, 2.05) is 30.3 Å². The van der Waals surface area contributed by atoms with Crippen molar-refractivity contribution in [3.8, 4) is 11.4 Å². The summed E-state index contributed by atoms with van der Waals surface area (Å²) in [6.07, 6.45) is 4.53. The van der Waals surface area contributed by atoms with E-state index >= 15 is 0 Å². The van der Waals surface area contributed by atoms with Gasteiger partial charge < -0.3 is 14.6 Å². The summed E-state index contributed by atoms with van der Waals surface area (Å²) in [5, 5.41) is 3.89. The van der Waals surface area contributed by atoms with Gasteiger partial charge in [-0.1, -0.05) is 30.3 Å². The van der Waals surface area contributed by atoms with Gasteiger partial charge in [0.1, 0.15) is 12.4 Å². The third-order valence-corrected chi connectivity index (χ3v) is 5.77. The smallest absolute Gasteiger partial charge is 0.119 e. The number of anilines is 1. The highest BCUT2D eigenvalue weighted by Gasteiger charge is 2.42. The summed E-state index contributed by atoms with van der Waals surface area (Å²) >= 11 is 0. The average molecular weight is 359 g/mol. The molecule has 1 aromatic heterocycles. The number of para-hydroxylation sites is 3. The highest BCUT2D eigenvalue weighted by atomic mass is 16.5. The van der Waals surface area contributed by atoms with Crippen LogP contribution in [0, 0.1) is 0 Å². The van der Waals surface area contributed by atoms with Gasteiger partial charge in [0.25, 0.3) is 0 Å². The minimum absolute atomic E-state index is 0.0250. The molecule has 0 saturated carbocycles. The van der Waals surface area contributed by atoms with Gasteiger partial charge in [-0.2, -0.15) is 0 Å². The van der Waals surface area contributed by atoms with E-state index in [0.717, 1.165) is 38.4 Å². The number of benzene rings is 2. The molecule has 4 heteroatoms. The Morgan fingerprint density at radius 1 is 0.963 bits per heavy atom. The summed E-state index contributed by atoms with van der Waals surface area (Å²) in [7, 11) is 0. The molecule has 0 aliphatic carbocycles. The van der Waals surface area contributed by atoms with Crippen LogP contribution in [0.15, 0.2) is 72.9 Å². The molecule has 3 heterocycles. The van der Waals surface area contributed by atoms with Gasteiger partial charge in [-0.25, -0.2) is 0 Å². The largest absolute Gasteiger partial charge is 0.492 e. The number of ether oxygens (including phenoxy) is 1. The summed E-state index contributed by atoms with van der Waals surface area (Å²) in [6.45, 7) is 3.80. The molecule has 27 heavy (non-hydrogen) atoms. The number of hydrogen-bond acceptors (Lipinski definition) is 3. The lowest BCUT2D eigenvalue weighted by Crippen LogP contribution is -2.53. The molecule has 138 valence electrons. The summed E-state index contributed by atoms with van der Waals surface area (Å²) in [6, 6.07) is 23.1. The highest BCUT2D eigenvalue weighted by molar-refractivity contribution is 5.67. The molecule has 0 radical (unpaired) electrons. The van der Waals surface area contributed by atoms with E-state index in [2.05, 4.69) is 57.4 Å². The predicted molar refractivity (Wildman–Crippen MR) is 109 cm³/mol. The van der Waals surface area contributed by atoms with Gasteiger partial charge in [0, 0.05) is 25.0 Å². The summed E-state index contributed by atoms with van der Waals surface area (Å²) in [5.74, 6) is 0.947. The van der Waals surface area contributed by atoms with E-state index in [-0.39, 0.29) is 5.54 Å². The van der Waals surface area contributed by atoms with Crippen molar-refractivity contribution in [1.82, 2.24) is 9.47 Å². The molecule has 5 rings (SSSR count). The second-order valence-electron chi connectivity index (χ2n) is 7.53. The molecule has 0 bridgehead atoms. The van der Waals surface area contributed by atoms with E-state index in [0.29, 0.717) is 0 Å². The maximum absolute atomic E-state index is 5.93. The first-order valence-corrected chi connectivity index (χ1v) is 9.80. The zero-order valence-electron chi connectivity index (χ0n) is 15.5. The van der Waals surface area contributed by atoms with Crippen LogP contribution in [0.4, 0.5) is 5.69 Å². The normalized spacial score (nSPS) is 21.3. The molecule has 2 aliphatic rings. The summed E-state index contributed by atoms with van der Waals surface area (Å²) < 4.78 is 8.28. The van der Waals surface area contributed by atoms with E-state index in [4.69, 9.17) is 4.74 Å². The van der Waals surface area contributed by atoms with Gasteiger partial charge in [-0.05, 0) is 55.8 Å². The molecule has 1 N–H and O–H groups in total. The third-order valence-electron chi connectivity index (χ3n) is 5.77. The molecule has 1 spiro atoms. The van der Waals surface area contributed by atoms with Crippen LogP contribution in [-0.4, -0.2) is 35.7 Å². The molecule has 2 aromatic carbocycles. The van der Waals surface area contributed by atoms with Crippen molar-refractivity contribution in [2.24, 2.45) is 0 Å². The van der Waals surface area contributed by atoms with Gasteiger partial charge >= 0.3 is 0 Å². The fourth-order valence-electron chi connectivity index (χ4n) is 4.55. The summed E-state index contributed by atoms with van der Waals surface area (Å²) in [4.78, 5) is 2.53. The zero-order chi connectivity index (χ0) is 18.1. The lowest BCUT2D eigenvalue weighted by Gasteiger charge is -2.47. The zero-order valence-corrected chi connectivity index (χ0v) is 15.5. The average Bonchev–Trinajstić information content (AvgIpc) is 3.21. The molecule has 2 aliphatic heterocycles. The fourth-order valence-corrected chi connectivity index (χ4v) is 4.55. The maximum atomic E-state index is 5.93. The molecule has 1 atom stereocenters. The first-order valence-electron chi connectivity index (χ1n) is 9.80. The van der Waals surface area contributed by atoms with Crippen LogP contribution in [0.5, 0.6) is 5.75 Å². The number of piperidine rings is 1. The molecule has 1 saturated heterocycles. The maximum Gasteiger partial charge on any atom is 0.119 e.